The molecule has 2 nitrogen and oxygen atoms in total. The molecule has 0 aromatic carbocycles. The minimum absolute atomic E-state index is 0.260. The van der Waals surface area contributed by atoms with Crippen LogP contribution in [0.3, 0.4) is 0 Å². The van der Waals surface area contributed by atoms with Crippen molar-refractivity contribution >= 4 is 0 Å². The molecule has 0 saturated heterocycles. The number of hydrogen-bond acceptors (Lipinski definition) is 2. The maximum Gasteiger partial charge on any atom is 0.416 e. The van der Waals surface area contributed by atoms with Crippen LogP contribution in [0, 0.1) is 0 Å². The predicted molar refractivity (Wildman–Crippen MR) is 65.3 cm³/mol. The molecule has 0 bridgehead atoms. The molecule has 1 aromatic rings. The van der Waals surface area contributed by atoms with E-state index in [1.54, 1.807) is 0 Å². The van der Waals surface area contributed by atoms with E-state index in [0.717, 1.165) is 19.0 Å². The Hall–Kier alpha value is -1.10. The quantitative estimate of drug-likeness (QED) is 0.847. The summed E-state index contributed by atoms with van der Waals surface area (Å²) in [5, 5.41) is 3.26. The number of nitrogens with zero attached hydrogens (tertiary/aromatic N) is 1. The van der Waals surface area contributed by atoms with E-state index in [1.807, 2.05) is 13.8 Å². The van der Waals surface area contributed by atoms with E-state index < -0.39 is 11.7 Å². The van der Waals surface area contributed by atoms with Gasteiger partial charge in [-0.3, -0.25) is 4.98 Å². The third-order valence-electron chi connectivity index (χ3n) is 2.96. The fraction of sp³-hybridized carbons (Fsp3) is 0.615. The van der Waals surface area contributed by atoms with Gasteiger partial charge in [0.1, 0.15) is 0 Å². The molecule has 0 spiro atoms. The van der Waals surface area contributed by atoms with Gasteiger partial charge in [0.15, 0.2) is 0 Å². The summed E-state index contributed by atoms with van der Waals surface area (Å²) in [6.07, 6.45) is 0.219. The van der Waals surface area contributed by atoms with Gasteiger partial charge in [-0.2, -0.15) is 13.2 Å². The number of hydrogen-bond donors (Lipinski definition) is 1. The lowest BCUT2D eigenvalue weighted by molar-refractivity contribution is -0.138. The summed E-state index contributed by atoms with van der Waals surface area (Å²) in [5.41, 5.74) is -0.287. The lowest BCUT2D eigenvalue weighted by Gasteiger charge is -2.17. The van der Waals surface area contributed by atoms with E-state index in [2.05, 4.69) is 10.3 Å². The standard InChI is InChI=1S/C13H19F3N2/c1-3-11(18-4-2)6-5-10-9-17-8-7-12(10)13(14,15)16/h7-9,11,18H,3-6H2,1-2H3. The number of aromatic nitrogens is 1. The first-order chi connectivity index (χ1) is 8.49. The van der Waals surface area contributed by atoms with Gasteiger partial charge in [0.2, 0.25) is 0 Å². The number of alkyl halides is 3. The van der Waals surface area contributed by atoms with Crippen LogP contribution in [0.1, 0.15) is 37.8 Å². The first-order valence-corrected chi connectivity index (χ1v) is 6.22. The van der Waals surface area contributed by atoms with Crippen molar-refractivity contribution in [3.8, 4) is 0 Å². The summed E-state index contributed by atoms with van der Waals surface area (Å²) in [6, 6.07) is 1.31. The molecule has 1 atom stereocenters. The smallest absolute Gasteiger partial charge is 0.314 e. The van der Waals surface area contributed by atoms with Crippen LogP contribution < -0.4 is 5.32 Å². The molecule has 1 unspecified atom stereocenters. The largest absolute Gasteiger partial charge is 0.416 e. The minimum Gasteiger partial charge on any atom is -0.314 e. The molecular weight excluding hydrogens is 241 g/mol. The van der Waals surface area contributed by atoms with E-state index in [1.165, 1.54) is 12.4 Å². The molecule has 1 aromatic heterocycles. The van der Waals surface area contributed by atoms with E-state index in [-0.39, 0.29) is 11.6 Å². The molecule has 1 rings (SSSR count). The molecule has 0 radical (unpaired) electrons. The van der Waals surface area contributed by atoms with Gasteiger partial charge >= 0.3 is 6.18 Å². The summed E-state index contributed by atoms with van der Waals surface area (Å²) in [7, 11) is 0. The van der Waals surface area contributed by atoms with Gasteiger partial charge in [-0.15, -0.1) is 0 Å². The van der Waals surface area contributed by atoms with Gasteiger partial charge in [-0.1, -0.05) is 13.8 Å². The van der Waals surface area contributed by atoms with Gasteiger partial charge < -0.3 is 5.32 Å². The van der Waals surface area contributed by atoms with E-state index in [9.17, 15) is 13.2 Å². The zero-order valence-corrected chi connectivity index (χ0v) is 10.7. The lowest BCUT2D eigenvalue weighted by atomic mass is 10.0. The normalized spacial score (nSPS) is 13.6. The second-order valence-corrected chi connectivity index (χ2v) is 4.23. The zero-order valence-electron chi connectivity index (χ0n) is 10.7. The third-order valence-corrected chi connectivity index (χ3v) is 2.96. The Morgan fingerprint density at radius 1 is 1.33 bits per heavy atom. The lowest BCUT2D eigenvalue weighted by Crippen LogP contribution is -2.28. The average molecular weight is 260 g/mol. The van der Waals surface area contributed by atoms with E-state index in [4.69, 9.17) is 0 Å². The highest BCUT2D eigenvalue weighted by atomic mass is 19.4. The van der Waals surface area contributed by atoms with Gasteiger partial charge in [0.05, 0.1) is 5.56 Å². The molecule has 0 saturated carbocycles. The molecule has 0 fully saturated rings. The Balaban J connectivity index is 2.73. The highest BCUT2D eigenvalue weighted by molar-refractivity contribution is 5.26. The van der Waals surface area contributed by atoms with Crippen LogP contribution in [-0.4, -0.2) is 17.6 Å². The van der Waals surface area contributed by atoms with Gasteiger partial charge in [-0.25, -0.2) is 0 Å². The predicted octanol–water partition coefficient (Wildman–Crippen LogP) is 3.42. The van der Waals surface area contributed by atoms with Crippen LogP contribution in [0.4, 0.5) is 13.2 Å². The van der Waals surface area contributed by atoms with Crippen LogP contribution in [0.2, 0.25) is 0 Å². The first kappa shape index (κ1) is 15.0. The molecule has 1 N–H and O–H groups in total. The summed E-state index contributed by atoms with van der Waals surface area (Å²) in [5.74, 6) is 0. The molecule has 0 amide bonds. The number of aryl methyl sites for hydroxylation is 1. The van der Waals surface area contributed by atoms with Crippen molar-refractivity contribution in [2.45, 2.75) is 45.3 Å². The maximum atomic E-state index is 12.8. The first-order valence-electron chi connectivity index (χ1n) is 6.22. The number of halogens is 3. The minimum atomic E-state index is -4.29. The van der Waals surface area contributed by atoms with Crippen molar-refractivity contribution in [1.29, 1.82) is 0 Å². The van der Waals surface area contributed by atoms with Gasteiger partial charge in [0.25, 0.3) is 0 Å². The Morgan fingerprint density at radius 3 is 2.61 bits per heavy atom. The molecule has 0 aliphatic carbocycles. The Morgan fingerprint density at radius 2 is 2.06 bits per heavy atom. The molecule has 0 aliphatic rings. The number of pyridine rings is 1. The molecule has 5 heteroatoms. The summed E-state index contributed by atoms with van der Waals surface area (Å²) < 4.78 is 38.3. The van der Waals surface area contributed by atoms with Crippen LogP contribution in [0.5, 0.6) is 0 Å². The Labute approximate surface area is 106 Å². The van der Waals surface area contributed by atoms with Crippen LogP contribution >= 0.6 is 0 Å². The average Bonchev–Trinajstić information content (AvgIpc) is 2.33. The zero-order chi connectivity index (χ0) is 13.6. The molecular formula is C13H19F3N2. The van der Waals surface area contributed by atoms with E-state index in [0.29, 0.717) is 12.8 Å². The van der Waals surface area contributed by atoms with Crippen molar-refractivity contribution < 1.29 is 13.2 Å². The van der Waals surface area contributed by atoms with Gasteiger partial charge in [-0.05, 0) is 37.4 Å². The second kappa shape index (κ2) is 6.73. The topological polar surface area (TPSA) is 24.9 Å². The second-order valence-electron chi connectivity index (χ2n) is 4.23. The molecule has 18 heavy (non-hydrogen) atoms. The summed E-state index contributed by atoms with van der Waals surface area (Å²) in [6.45, 7) is 4.85. The molecule has 1 heterocycles. The van der Waals surface area contributed by atoms with Gasteiger partial charge in [0, 0.05) is 18.4 Å². The summed E-state index contributed by atoms with van der Waals surface area (Å²) in [4.78, 5) is 3.79. The molecule has 102 valence electrons. The summed E-state index contributed by atoms with van der Waals surface area (Å²) >= 11 is 0. The van der Waals surface area contributed by atoms with Crippen molar-refractivity contribution in [2.24, 2.45) is 0 Å². The molecule has 0 aliphatic heterocycles. The fourth-order valence-electron chi connectivity index (χ4n) is 1.97. The van der Waals surface area contributed by atoms with Crippen LogP contribution in [-0.2, 0) is 12.6 Å². The monoisotopic (exact) mass is 260 g/mol. The Bertz CT molecular complexity index is 363. The van der Waals surface area contributed by atoms with Crippen molar-refractivity contribution in [3.63, 3.8) is 0 Å². The number of rotatable bonds is 6. The maximum absolute atomic E-state index is 12.8. The SMILES string of the molecule is CCNC(CC)CCc1cnccc1C(F)(F)F. The van der Waals surface area contributed by atoms with Crippen molar-refractivity contribution in [1.82, 2.24) is 10.3 Å². The Kier molecular flexibility index (Phi) is 5.59. The number of nitrogens with one attached hydrogen (secondary N) is 1. The van der Waals surface area contributed by atoms with Crippen molar-refractivity contribution in [2.75, 3.05) is 6.54 Å². The van der Waals surface area contributed by atoms with Crippen LogP contribution in [0.15, 0.2) is 18.5 Å². The van der Waals surface area contributed by atoms with E-state index >= 15 is 0 Å². The third kappa shape index (κ3) is 4.29. The van der Waals surface area contributed by atoms with Crippen LogP contribution in [0.25, 0.3) is 0 Å². The highest BCUT2D eigenvalue weighted by Crippen LogP contribution is 2.32. The fourth-order valence-corrected chi connectivity index (χ4v) is 1.97. The highest BCUT2D eigenvalue weighted by Gasteiger charge is 2.33. The van der Waals surface area contributed by atoms with Crippen molar-refractivity contribution in [3.05, 3.63) is 29.6 Å².